The van der Waals surface area contributed by atoms with Crippen LogP contribution in [0.1, 0.15) is 57.4 Å². The minimum atomic E-state index is -1.11. The smallest absolute Gasteiger partial charge is 0.407 e. The molecule has 3 aromatic rings. The first-order chi connectivity index (χ1) is 24.7. The van der Waals surface area contributed by atoms with Crippen LogP contribution in [0.2, 0.25) is 0 Å². The van der Waals surface area contributed by atoms with Crippen molar-refractivity contribution in [3.05, 3.63) is 78.4 Å². The predicted octanol–water partition coefficient (Wildman–Crippen LogP) is 5.14. The molecule has 13 heteroatoms. The lowest BCUT2D eigenvalue weighted by Crippen LogP contribution is -2.53. The molecule has 3 N–H and O–H groups in total. The Morgan fingerprint density at radius 1 is 0.922 bits per heavy atom. The number of methoxy groups -OCH3 is 1. The fourth-order valence-electron chi connectivity index (χ4n) is 6.47. The third-order valence-electron chi connectivity index (χ3n) is 8.90. The van der Waals surface area contributed by atoms with Crippen molar-refractivity contribution in [2.75, 3.05) is 26.9 Å². The summed E-state index contributed by atoms with van der Waals surface area (Å²) in [5.41, 5.74) is 0.963. The van der Waals surface area contributed by atoms with Gasteiger partial charge in [0.05, 0.1) is 25.9 Å². The van der Waals surface area contributed by atoms with E-state index in [4.69, 9.17) is 28.4 Å². The van der Waals surface area contributed by atoms with Gasteiger partial charge in [-0.2, -0.15) is 0 Å². The third kappa shape index (κ3) is 11.3. The number of esters is 1. The number of ether oxygens (including phenoxy) is 6. The molecule has 0 bridgehead atoms. The van der Waals surface area contributed by atoms with Gasteiger partial charge in [0.1, 0.15) is 31.1 Å². The lowest BCUT2D eigenvalue weighted by atomic mass is 9.90. The summed E-state index contributed by atoms with van der Waals surface area (Å²) in [5, 5.41) is 10.3. The topological polar surface area (TPSA) is 160 Å². The zero-order valence-corrected chi connectivity index (χ0v) is 29.1. The van der Waals surface area contributed by atoms with E-state index in [0.29, 0.717) is 31.4 Å². The number of hydrogen-bond donors (Lipinski definition) is 3. The largest absolute Gasteiger partial charge is 0.492 e. The predicted molar refractivity (Wildman–Crippen MR) is 187 cm³/mol. The van der Waals surface area contributed by atoms with Gasteiger partial charge >= 0.3 is 18.2 Å². The lowest BCUT2D eigenvalue weighted by molar-refractivity contribution is -0.329. The maximum absolute atomic E-state index is 13.1. The van der Waals surface area contributed by atoms with Gasteiger partial charge in [-0.1, -0.05) is 60.7 Å². The minimum Gasteiger partial charge on any atom is -0.492 e. The molecular weight excluding hydrogens is 658 g/mol. The molecule has 5 atom stereocenters. The number of amides is 3. The maximum atomic E-state index is 13.1. The van der Waals surface area contributed by atoms with E-state index in [2.05, 4.69) is 16.0 Å². The summed E-state index contributed by atoms with van der Waals surface area (Å²) in [6.45, 7) is 2.39. The van der Waals surface area contributed by atoms with Crippen LogP contribution in [0.25, 0.3) is 10.8 Å². The van der Waals surface area contributed by atoms with Crippen molar-refractivity contribution in [3.8, 4) is 5.75 Å². The second-order valence-corrected chi connectivity index (χ2v) is 12.8. The van der Waals surface area contributed by atoms with Crippen molar-refractivity contribution in [3.63, 3.8) is 0 Å². The van der Waals surface area contributed by atoms with Gasteiger partial charge in [-0.25, -0.2) is 14.4 Å². The molecule has 1 spiro atoms. The van der Waals surface area contributed by atoms with Gasteiger partial charge in [-0.05, 0) is 54.7 Å². The molecule has 0 radical (unpaired) electrons. The number of alkyl carbamates (subject to hydrolysis) is 2. The summed E-state index contributed by atoms with van der Waals surface area (Å²) in [6, 6.07) is 22.4. The molecule has 2 saturated heterocycles. The van der Waals surface area contributed by atoms with Crippen molar-refractivity contribution in [1.82, 2.24) is 16.0 Å². The van der Waals surface area contributed by atoms with E-state index < -0.39 is 48.3 Å². The van der Waals surface area contributed by atoms with E-state index in [1.165, 1.54) is 7.11 Å². The van der Waals surface area contributed by atoms with Crippen LogP contribution in [0, 0.1) is 0 Å². The molecule has 2 aliphatic rings. The van der Waals surface area contributed by atoms with Crippen LogP contribution in [0.3, 0.4) is 0 Å². The first-order valence-corrected chi connectivity index (χ1v) is 17.4. The molecule has 0 aromatic heterocycles. The Labute approximate surface area is 297 Å². The van der Waals surface area contributed by atoms with E-state index in [9.17, 15) is 19.2 Å². The van der Waals surface area contributed by atoms with Crippen molar-refractivity contribution in [2.45, 2.75) is 88.6 Å². The quantitative estimate of drug-likeness (QED) is 0.116. The molecule has 2 heterocycles. The first kappa shape index (κ1) is 37.4. The summed E-state index contributed by atoms with van der Waals surface area (Å²) in [5.74, 6) is -1.28. The highest BCUT2D eigenvalue weighted by molar-refractivity contribution is 5.86. The zero-order chi connectivity index (χ0) is 36.1. The molecule has 5 rings (SSSR count). The molecule has 0 saturated carbocycles. The number of para-hydroxylation sites is 1. The highest BCUT2D eigenvalue weighted by Crippen LogP contribution is 2.41. The van der Waals surface area contributed by atoms with Crippen molar-refractivity contribution >= 4 is 34.8 Å². The van der Waals surface area contributed by atoms with Gasteiger partial charge in [0.2, 0.25) is 5.91 Å². The Morgan fingerprint density at radius 2 is 1.69 bits per heavy atom. The molecular formula is C38H47N3O10. The van der Waals surface area contributed by atoms with E-state index in [1.54, 1.807) is 6.92 Å². The first-order valence-electron chi connectivity index (χ1n) is 17.4. The van der Waals surface area contributed by atoms with Crippen molar-refractivity contribution in [1.29, 1.82) is 0 Å². The van der Waals surface area contributed by atoms with Gasteiger partial charge in [0.25, 0.3) is 0 Å². The highest BCUT2D eigenvalue weighted by atomic mass is 16.7. The van der Waals surface area contributed by atoms with Crippen LogP contribution >= 0.6 is 0 Å². The third-order valence-corrected chi connectivity index (χ3v) is 8.90. The fourth-order valence-corrected chi connectivity index (χ4v) is 6.47. The van der Waals surface area contributed by atoms with E-state index >= 15 is 0 Å². The van der Waals surface area contributed by atoms with Crippen LogP contribution in [-0.2, 0) is 39.8 Å². The Bertz CT molecular complexity index is 1620. The molecule has 0 aliphatic carbocycles. The molecule has 2 fully saturated rings. The Hall–Kier alpha value is -4.88. The number of nitrogens with one attached hydrogen (secondary N) is 3. The maximum Gasteiger partial charge on any atom is 0.407 e. The SMILES string of the molecule is COC(=O)[C@H](C)NC(=O)CCC1CC(OC(=O)NCc2cccc3ccccc23)CC2(CCCC(COC(=O)NCCOc3ccccc3)O2)O1. The van der Waals surface area contributed by atoms with Crippen LogP contribution in [0.4, 0.5) is 9.59 Å². The van der Waals surface area contributed by atoms with E-state index in [-0.39, 0.29) is 45.1 Å². The molecule has 274 valence electrons. The summed E-state index contributed by atoms with van der Waals surface area (Å²) < 4.78 is 34.7. The highest BCUT2D eigenvalue weighted by Gasteiger charge is 2.47. The average Bonchev–Trinajstić information content (AvgIpc) is 3.14. The Morgan fingerprint density at radius 3 is 2.51 bits per heavy atom. The summed E-state index contributed by atoms with van der Waals surface area (Å²) >= 11 is 0. The second-order valence-electron chi connectivity index (χ2n) is 12.8. The second kappa shape index (κ2) is 18.4. The minimum absolute atomic E-state index is 0.00597. The van der Waals surface area contributed by atoms with Gasteiger partial charge in [0.15, 0.2) is 5.79 Å². The summed E-state index contributed by atoms with van der Waals surface area (Å²) in [4.78, 5) is 50.0. The lowest BCUT2D eigenvalue weighted by Gasteiger charge is -2.47. The molecule has 3 amide bonds. The van der Waals surface area contributed by atoms with Crippen molar-refractivity contribution < 1.29 is 47.6 Å². The van der Waals surface area contributed by atoms with Crippen LogP contribution in [0.15, 0.2) is 72.8 Å². The van der Waals surface area contributed by atoms with E-state index in [1.807, 2.05) is 72.8 Å². The van der Waals surface area contributed by atoms with Crippen molar-refractivity contribution in [2.24, 2.45) is 0 Å². The number of carbonyl (C=O) groups is 4. The van der Waals surface area contributed by atoms with Gasteiger partial charge in [-0.3, -0.25) is 4.79 Å². The van der Waals surface area contributed by atoms with Crippen LogP contribution < -0.4 is 20.7 Å². The molecule has 2 aliphatic heterocycles. The van der Waals surface area contributed by atoms with E-state index in [0.717, 1.165) is 22.8 Å². The summed E-state index contributed by atoms with van der Waals surface area (Å²) in [7, 11) is 1.26. The number of rotatable bonds is 14. The molecule has 4 unspecified atom stereocenters. The van der Waals surface area contributed by atoms with Crippen LogP contribution in [0.5, 0.6) is 5.75 Å². The molecule has 3 aromatic carbocycles. The van der Waals surface area contributed by atoms with Gasteiger partial charge in [0, 0.05) is 32.2 Å². The number of fused-ring (bicyclic) bond motifs is 1. The molecule has 51 heavy (non-hydrogen) atoms. The Kier molecular flexibility index (Phi) is 13.5. The fraction of sp³-hybridized carbons (Fsp3) is 0.474. The van der Waals surface area contributed by atoms with Gasteiger partial charge in [-0.15, -0.1) is 0 Å². The standard InChI is InChI=1S/C38H47N3O10/c1-26(35(43)46-2)41-34(42)18-17-30-22-32(49-37(45)40-24-28-12-8-11-27-10-6-7-16-33(27)28)23-38(50-30)19-9-15-31(51-38)25-48-36(44)39-20-21-47-29-13-4-3-5-14-29/h3-8,10-14,16,26,30-32H,9,15,17-25H2,1-2H3,(H,39,44)(H,40,45)(H,41,42)/t26-,30?,31?,32?,38?/m0/s1. The number of carbonyl (C=O) groups excluding carboxylic acids is 4. The monoisotopic (exact) mass is 705 g/mol. The Balaban J connectivity index is 1.16. The normalized spacial score (nSPS) is 22.0. The zero-order valence-electron chi connectivity index (χ0n) is 29.1. The van der Waals surface area contributed by atoms with Gasteiger partial charge < -0.3 is 44.4 Å². The average molecular weight is 706 g/mol. The molecule has 13 nitrogen and oxygen atoms in total. The number of hydrogen-bond acceptors (Lipinski definition) is 10. The van der Waals surface area contributed by atoms with Crippen LogP contribution in [-0.4, -0.2) is 81.1 Å². The number of benzene rings is 3. The summed E-state index contributed by atoms with van der Waals surface area (Å²) in [6.07, 6.45) is 0.237.